The molecule has 15 aromatic rings. The molecular formula is C80H61BCl5N9NaO8P. The van der Waals surface area contributed by atoms with Gasteiger partial charge in [-0.3, -0.25) is 24.0 Å². The molecule has 0 aliphatic carbocycles. The summed E-state index contributed by atoms with van der Waals surface area (Å²) >= 11 is 24.6. The fraction of sp³-hybridized carbons (Fsp3) is 0.0250. The van der Waals surface area contributed by atoms with Crippen LogP contribution in [0.5, 0.6) is 0 Å². The maximum absolute atomic E-state index is 11.6. The van der Waals surface area contributed by atoms with E-state index in [4.69, 9.17) is 44.9 Å². The summed E-state index contributed by atoms with van der Waals surface area (Å²) in [5.41, 5.74) is 25.6. The molecule has 0 saturated heterocycles. The van der Waals surface area contributed by atoms with Crippen LogP contribution < -0.4 is 40.6 Å². The topological polar surface area (TPSA) is 281 Å². The molecule has 1 amide bonds. The van der Waals surface area contributed by atoms with E-state index < -0.39 is 22.5 Å². The first-order chi connectivity index (χ1) is 50.3. The van der Waals surface area contributed by atoms with Crippen LogP contribution in [0.1, 0.15) is 19.5 Å². The van der Waals surface area contributed by atoms with E-state index in [9.17, 15) is 28.4 Å². The summed E-state index contributed by atoms with van der Waals surface area (Å²) in [6.45, 7) is 2.04. The van der Waals surface area contributed by atoms with Crippen molar-refractivity contribution in [3.63, 3.8) is 0 Å². The Morgan fingerprint density at radius 2 is 0.914 bits per heavy atom. The molecule has 0 radical (unpaired) electrons. The van der Waals surface area contributed by atoms with Crippen molar-refractivity contribution < 1.29 is 64.5 Å². The number of carbonyl (C=O) groups excluding carboxylic acids is 2. The van der Waals surface area contributed by atoms with E-state index in [0.29, 0.717) is 11.8 Å². The molecule has 0 unspecified atom stereocenters. The normalized spacial score (nSPS) is 10.2. The first-order valence-electron chi connectivity index (χ1n) is 31.2. The molecule has 17 nitrogen and oxygen atoms in total. The summed E-state index contributed by atoms with van der Waals surface area (Å²) in [5, 5.41) is 26.9. The van der Waals surface area contributed by atoms with Crippen LogP contribution in [0.4, 0.5) is 4.79 Å². The van der Waals surface area contributed by atoms with Gasteiger partial charge in [-0.05, 0) is 169 Å². The van der Waals surface area contributed by atoms with Gasteiger partial charge in [0.05, 0.1) is 12.3 Å². The third kappa shape index (κ3) is 26.5. The number of aromatic nitrogens is 3. The summed E-state index contributed by atoms with van der Waals surface area (Å²) in [7, 11) is 0.833. The molecule has 0 fully saturated rings. The SMILES string of the molecule is CCOC(=O)Cl.Clc1nccc2c1ccc1ccccc12.O=Bc1ccccc1.O=C(O)/C=C/c1cccc2ccccc12.O=P(Cl)(Cl)Cl.O=c1[nH]ccc2c1ccc1ccccc12.[2HH].[N-]=[N+]=NC(=O)/C=C/c1cccc2ccccc12.[N-]=[N+]=[N-].[Na+].c1ccc(-c2nccc3c2ccc2ccccc23)cc1. The van der Waals surface area contributed by atoms with Crippen molar-refractivity contribution in [3.05, 3.63) is 357 Å². The minimum absolute atomic E-state index is 0. The van der Waals surface area contributed by atoms with Crippen LogP contribution >= 0.6 is 62.1 Å². The molecule has 518 valence electrons. The molecule has 12 aromatic carbocycles. The summed E-state index contributed by atoms with van der Waals surface area (Å²) < 4.78 is 23.7. The number of hydrogen-bond donors (Lipinski definition) is 2. The fourth-order valence-corrected chi connectivity index (χ4v) is 10.8. The molecule has 0 spiro atoms. The van der Waals surface area contributed by atoms with Crippen molar-refractivity contribution in [2.24, 2.45) is 5.11 Å². The fourth-order valence-electron chi connectivity index (χ4n) is 10.5. The van der Waals surface area contributed by atoms with Gasteiger partial charge < -0.3 is 25.9 Å². The Balaban J connectivity index is 0.000000222. The van der Waals surface area contributed by atoms with Gasteiger partial charge in [-0.1, -0.05) is 236 Å². The van der Waals surface area contributed by atoms with Gasteiger partial charge in [-0.25, -0.2) is 14.6 Å². The summed E-state index contributed by atoms with van der Waals surface area (Å²) in [4.78, 5) is 57.9. The number of carbonyl (C=O) groups is 3. The van der Waals surface area contributed by atoms with Crippen LogP contribution in [-0.4, -0.2) is 51.1 Å². The number of nitrogens with one attached hydrogen (secondary N) is 1. The van der Waals surface area contributed by atoms with Gasteiger partial charge in [0.1, 0.15) is 5.15 Å². The standard InChI is InChI=1S/C19H13N.C13H8ClN.C13H9N3O.C13H9NO.C13H10O2.C6H5BO.C3H5ClO2.Cl3OP.N3.Na.H2/c1-2-7-15(8-3-1)19-18-11-10-14-6-4-5-9-16(14)17(18)12-13-20-19;14-13-12-6-5-9-3-1-2-4-10(9)11(12)7-8-15-13;14-16-15-13(17)9-8-11-6-3-5-10-4-1-2-7-12(10)11;15-13-12-6-5-9-3-1-2-4-10(9)11(12)7-8-14-13;14-13(15)9-8-11-6-3-5-10-4-1-2-7-12(10)11;8-7-6-4-2-1-3-5-6;1-2-6-3(4)5;1-5(2,3)4;1-3-2;;/h1-13H;1-8H;1-9H;1-8H,(H,14,15);1-9H,(H,14,15);1-5H;2H2,1H3;;;;1H/q;;;;;;;;-1;+1;/b;;9-8+;;9-8+;;;;;;/i;;;;;;;;;;1+1. The number of H-pyrrole nitrogens is 1. The maximum atomic E-state index is 11.6. The van der Waals surface area contributed by atoms with Crippen LogP contribution in [0.3, 0.4) is 0 Å². The average Bonchev–Trinajstić information content (AvgIpc) is 0.772. The quantitative estimate of drug-likeness (QED) is 0.0175. The van der Waals surface area contributed by atoms with E-state index in [0.717, 1.165) is 94.9 Å². The summed E-state index contributed by atoms with van der Waals surface area (Å²) in [6.07, 6.45) is 11.0. The van der Waals surface area contributed by atoms with Crippen molar-refractivity contribution in [1.29, 1.82) is 0 Å². The molecule has 25 heteroatoms. The van der Waals surface area contributed by atoms with E-state index in [1.807, 2.05) is 176 Å². The number of pyridine rings is 3. The van der Waals surface area contributed by atoms with Gasteiger partial charge in [-0.2, -0.15) is 0 Å². The molecule has 105 heavy (non-hydrogen) atoms. The number of halogens is 5. The number of aromatic amines is 1. The largest absolute Gasteiger partial charge is 1.00 e. The minimum atomic E-state index is -3.22. The second kappa shape index (κ2) is 44.0. The zero-order chi connectivity index (χ0) is 74.6. The Morgan fingerprint density at radius 1 is 0.524 bits per heavy atom. The second-order valence-corrected chi connectivity index (χ2v) is 28.6. The Morgan fingerprint density at radius 3 is 1.35 bits per heavy atom. The van der Waals surface area contributed by atoms with Gasteiger partial charge in [0.2, 0.25) is 5.91 Å². The molecule has 2 N–H and O–H groups in total. The van der Waals surface area contributed by atoms with E-state index in [2.05, 4.69) is 154 Å². The first kappa shape index (κ1) is 83.2. The van der Waals surface area contributed by atoms with E-state index in [1.54, 1.807) is 43.6 Å². The van der Waals surface area contributed by atoms with Gasteiger partial charge in [0.15, 0.2) is 0 Å². The molecule has 0 aliphatic heterocycles. The number of hydrogen-bond acceptors (Lipinski definition) is 9. The summed E-state index contributed by atoms with van der Waals surface area (Å²) in [6, 6.07) is 90.1. The van der Waals surface area contributed by atoms with Crippen molar-refractivity contribution >= 4 is 190 Å². The predicted octanol–water partition coefficient (Wildman–Crippen LogP) is 21.1. The number of carboxylic acid groups (broad SMARTS) is 1. The number of fused-ring (bicyclic) bond motifs is 11. The number of carboxylic acids is 1. The van der Waals surface area contributed by atoms with E-state index in [1.165, 1.54) is 43.3 Å². The number of azide groups is 1. The van der Waals surface area contributed by atoms with Crippen molar-refractivity contribution in [2.75, 3.05) is 6.61 Å². The predicted molar refractivity (Wildman–Crippen MR) is 432 cm³/mol. The molecule has 3 heterocycles. The Hall–Kier alpha value is -10.8. The third-order valence-electron chi connectivity index (χ3n) is 14.8. The Labute approximate surface area is 651 Å². The van der Waals surface area contributed by atoms with Crippen LogP contribution in [0.25, 0.3) is 136 Å². The number of ether oxygens (including phenoxy) is 1. The zero-order valence-electron chi connectivity index (χ0n) is 56.0. The van der Waals surface area contributed by atoms with Gasteiger partial charge >= 0.3 is 93.8 Å². The maximum Gasteiger partial charge on any atom is 1.00 e. The summed E-state index contributed by atoms with van der Waals surface area (Å²) in [5.74, 6) is -1.52. The van der Waals surface area contributed by atoms with Gasteiger partial charge in [0.25, 0.3) is 5.56 Å². The number of aliphatic carboxylic acids is 1. The van der Waals surface area contributed by atoms with Gasteiger partial charge in [-0.15, -0.1) is 0 Å². The number of benzene rings is 12. The van der Waals surface area contributed by atoms with E-state index in [-0.39, 0.29) is 36.5 Å². The molecule has 0 atom stereocenters. The van der Waals surface area contributed by atoms with Crippen LogP contribution in [-0.2, 0) is 23.6 Å². The van der Waals surface area contributed by atoms with Crippen molar-refractivity contribution in [3.8, 4) is 11.3 Å². The Bertz CT molecular complexity index is 5730. The first-order valence-corrected chi connectivity index (χ1v) is 36.4. The molecule has 0 saturated carbocycles. The molecular weight excluding hydrogens is 1460 g/mol. The zero-order valence-corrected chi connectivity index (χ0v) is 62.7. The van der Waals surface area contributed by atoms with Crippen molar-refractivity contribution in [1.82, 2.24) is 15.0 Å². The monoisotopic (exact) mass is 1520 g/mol. The van der Waals surface area contributed by atoms with Gasteiger partial charge in [0, 0.05) is 64.3 Å². The second-order valence-electron chi connectivity index (χ2n) is 21.3. The van der Waals surface area contributed by atoms with Crippen LogP contribution in [0.2, 0.25) is 5.15 Å². The molecule has 3 aromatic heterocycles. The molecule has 0 aliphatic rings. The van der Waals surface area contributed by atoms with Crippen LogP contribution in [0.15, 0.2) is 314 Å². The average molecular weight is 1520 g/mol. The van der Waals surface area contributed by atoms with Crippen molar-refractivity contribution in [2.45, 2.75) is 6.92 Å². The minimum Gasteiger partial charge on any atom is -0.478 e. The molecule has 0 bridgehead atoms. The van der Waals surface area contributed by atoms with E-state index >= 15 is 0 Å². The third-order valence-corrected chi connectivity index (χ3v) is 15.2. The Kier molecular flexibility index (Phi) is 34.9. The number of rotatable bonds is 7. The number of nitrogens with zero attached hydrogens (tertiary/aromatic N) is 8. The number of amides is 1. The molecule has 15 rings (SSSR count). The van der Waals surface area contributed by atoms with Crippen LogP contribution in [0, 0.1) is 0 Å². The smallest absolute Gasteiger partial charge is 0.478 e.